The predicted molar refractivity (Wildman–Crippen MR) is 109 cm³/mol. The van der Waals surface area contributed by atoms with Gasteiger partial charge in [0.15, 0.2) is 17.5 Å². The second-order valence-corrected chi connectivity index (χ2v) is 6.97. The van der Waals surface area contributed by atoms with E-state index in [1.807, 2.05) is 0 Å². The Hall–Kier alpha value is -3.70. The lowest BCUT2D eigenvalue weighted by Crippen LogP contribution is -2.42. The van der Waals surface area contributed by atoms with Gasteiger partial charge in [0.25, 0.3) is 5.91 Å². The summed E-state index contributed by atoms with van der Waals surface area (Å²) in [6, 6.07) is 3.00. The van der Waals surface area contributed by atoms with Crippen molar-refractivity contribution in [1.29, 1.82) is 0 Å². The number of aromatic nitrogens is 4. The van der Waals surface area contributed by atoms with Crippen molar-refractivity contribution >= 4 is 11.9 Å². The van der Waals surface area contributed by atoms with Gasteiger partial charge in [0.1, 0.15) is 0 Å². The first-order chi connectivity index (χ1) is 15.6. The zero-order valence-electron chi connectivity index (χ0n) is 17.6. The molecule has 1 N–H and O–H groups in total. The van der Waals surface area contributed by atoms with E-state index in [1.54, 1.807) is 13.8 Å². The molecule has 0 saturated carbocycles. The minimum Gasteiger partial charge on any atom is -0.352 e. The highest BCUT2D eigenvalue weighted by atomic mass is 19.4. The largest absolute Gasteiger partial charge is 0.419 e. The molecule has 174 valence electrons. The lowest BCUT2D eigenvalue weighted by molar-refractivity contribution is -0.138. The Labute approximate surface area is 185 Å². The molecule has 33 heavy (non-hydrogen) atoms. The van der Waals surface area contributed by atoms with E-state index in [1.165, 1.54) is 23.4 Å². The van der Waals surface area contributed by atoms with Crippen LogP contribution in [-0.2, 0) is 6.18 Å². The van der Waals surface area contributed by atoms with Crippen molar-refractivity contribution in [2.75, 3.05) is 18.4 Å². The standard InChI is InChI=1S/C21H19F5N6O/c1-3-32(12(2)9-29-20-30-10-13(11-31-20)21(24,25)26)19(33)14-5-6-15(22)17(23)16(14)18-27-7-4-8-28-18/h4-8,10-12H,3,9H2,1-2H3,(H,29,30,31). The minimum absolute atomic E-state index is 0.0513. The van der Waals surface area contributed by atoms with Crippen LogP contribution in [-0.4, -0.2) is 49.9 Å². The first-order valence-electron chi connectivity index (χ1n) is 9.83. The van der Waals surface area contributed by atoms with Crippen LogP contribution in [0.2, 0.25) is 0 Å². The summed E-state index contributed by atoms with van der Waals surface area (Å²) in [5.74, 6) is -3.18. The van der Waals surface area contributed by atoms with Crippen LogP contribution >= 0.6 is 0 Å². The van der Waals surface area contributed by atoms with Gasteiger partial charge in [0.2, 0.25) is 5.95 Å². The van der Waals surface area contributed by atoms with Crippen LogP contribution in [0.5, 0.6) is 0 Å². The number of carbonyl (C=O) groups is 1. The summed E-state index contributed by atoms with van der Waals surface area (Å²) in [6.07, 6.45) is -0.571. The highest BCUT2D eigenvalue weighted by molar-refractivity contribution is 6.00. The van der Waals surface area contributed by atoms with Gasteiger partial charge in [0.05, 0.1) is 16.7 Å². The molecule has 0 aliphatic rings. The van der Waals surface area contributed by atoms with Crippen LogP contribution in [0.25, 0.3) is 11.4 Å². The van der Waals surface area contributed by atoms with Gasteiger partial charge in [-0.05, 0) is 32.0 Å². The number of rotatable bonds is 7. The van der Waals surface area contributed by atoms with Crippen molar-refractivity contribution < 1.29 is 26.7 Å². The molecular formula is C21H19F5N6O. The SMILES string of the molecule is CCN(C(=O)c1ccc(F)c(F)c1-c1ncccn1)C(C)CNc1ncc(C(F)(F)F)cn1. The molecule has 2 heterocycles. The lowest BCUT2D eigenvalue weighted by Gasteiger charge is -2.29. The van der Waals surface area contributed by atoms with Gasteiger partial charge in [0, 0.05) is 43.9 Å². The normalized spacial score (nSPS) is 12.3. The Morgan fingerprint density at radius 2 is 1.73 bits per heavy atom. The lowest BCUT2D eigenvalue weighted by atomic mass is 10.0. The van der Waals surface area contributed by atoms with Crippen LogP contribution in [0, 0.1) is 11.6 Å². The maximum Gasteiger partial charge on any atom is 0.419 e. The highest BCUT2D eigenvalue weighted by Gasteiger charge is 2.31. The Morgan fingerprint density at radius 1 is 1.09 bits per heavy atom. The van der Waals surface area contributed by atoms with Crippen LogP contribution in [0.1, 0.15) is 29.8 Å². The van der Waals surface area contributed by atoms with Crippen molar-refractivity contribution in [3.63, 3.8) is 0 Å². The molecule has 2 aromatic heterocycles. The highest BCUT2D eigenvalue weighted by Crippen LogP contribution is 2.29. The first-order valence-corrected chi connectivity index (χ1v) is 9.83. The zero-order chi connectivity index (χ0) is 24.2. The number of hydrogen-bond acceptors (Lipinski definition) is 6. The average Bonchev–Trinajstić information content (AvgIpc) is 2.80. The van der Waals surface area contributed by atoms with Gasteiger partial charge in [-0.2, -0.15) is 13.2 Å². The third-order valence-corrected chi connectivity index (χ3v) is 4.78. The smallest absolute Gasteiger partial charge is 0.352 e. The van der Waals surface area contributed by atoms with Gasteiger partial charge in [-0.15, -0.1) is 0 Å². The number of carbonyl (C=O) groups excluding carboxylic acids is 1. The average molecular weight is 466 g/mol. The number of likely N-dealkylation sites (N-methyl/N-ethyl adjacent to an activating group) is 1. The second-order valence-electron chi connectivity index (χ2n) is 6.97. The summed E-state index contributed by atoms with van der Waals surface area (Å²) in [7, 11) is 0. The van der Waals surface area contributed by atoms with Crippen molar-refractivity contribution in [2.45, 2.75) is 26.1 Å². The minimum atomic E-state index is -4.55. The van der Waals surface area contributed by atoms with Crippen molar-refractivity contribution in [2.24, 2.45) is 0 Å². The molecule has 3 aromatic rings. The van der Waals surface area contributed by atoms with Crippen LogP contribution in [0.3, 0.4) is 0 Å². The first kappa shape index (κ1) is 24.0. The number of alkyl halides is 3. The fourth-order valence-corrected chi connectivity index (χ4v) is 3.10. The third kappa shape index (κ3) is 5.38. The van der Waals surface area contributed by atoms with Crippen molar-refractivity contribution in [1.82, 2.24) is 24.8 Å². The molecule has 1 amide bonds. The van der Waals surface area contributed by atoms with Gasteiger partial charge in [-0.25, -0.2) is 28.7 Å². The van der Waals surface area contributed by atoms with Crippen molar-refractivity contribution in [3.05, 3.63) is 65.7 Å². The maximum absolute atomic E-state index is 14.6. The van der Waals surface area contributed by atoms with E-state index in [2.05, 4.69) is 25.3 Å². The number of anilines is 1. The van der Waals surface area contributed by atoms with Crippen LogP contribution < -0.4 is 5.32 Å². The van der Waals surface area contributed by atoms with E-state index < -0.39 is 35.3 Å². The number of nitrogens with one attached hydrogen (secondary N) is 1. The molecule has 1 unspecified atom stereocenters. The molecule has 0 aliphatic carbocycles. The molecule has 0 saturated heterocycles. The molecule has 0 spiro atoms. The molecule has 3 rings (SSSR count). The Bertz CT molecular complexity index is 1110. The van der Waals surface area contributed by atoms with E-state index >= 15 is 0 Å². The van der Waals surface area contributed by atoms with Gasteiger partial charge in [-0.3, -0.25) is 4.79 Å². The maximum atomic E-state index is 14.6. The number of benzene rings is 1. The van der Waals surface area contributed by atoms with E-state index in [4.69, 9.17) is 0 Å². The third-order valence-electron chi connectivity index (χ3n) is 4.78. The monoisotopic (exact) mass is 466 g/mol. The fraction of sp³-hybridized carbons (Fsp3) is 0.286. The number of hydrogen-bond donors (Lipinski definition) is 1. The predicted octanol–water partition coefficient (Wildman–Crippen LogP) is 4.19. The molecule has 0 bridgehead atoms. The van der Waals surface area contributed by atoms with Gasteiger partial charge in [-0.1, -0.05) is 0 Å². The summed E-state index contributed by atoms with van der Waals surface area (Å²) in [5, 5.41) is 2.77. The molecule has 0 aliphatic heterocycles. The number of halogens is 5. The Balaban J connectivity index is 1.81. The zero-order valence-corrected chi connectivity index (χ0v) is 17.6. The molecule has 1 aromatic carbocycles. The number of amides is 1. The Kier molecular flexibility index (Phi) is 7.14. The van der Waals surface area contributed by atoms with E-state index in [-0.39, 0.29) is 36.0 Å². The van der Waals surface area contributed by atoms with Crippen LogP contribution in [0.4, 0.5) is 27.9 Å². The van der Waals surface area contributed by atoms with E-state index in [0.717, 1.165) is 12.1 Å². The second kappa shape index (κ2) is 9.84. The van der Waals surface area contributed by atoms with Crippen molar-refractivity contribution in [3.8, 4) is 11.4 Å². The number of nitrogens with zero attached hydrogens (tertiary/aromatic N) is 5. The molecule has 12 heteroatoms. The Morgan fingerprint density at radius 3 is 2.30 bits per heavy atom. The fourth-order valence-electron chi connectivity index (χ4n) is 3.10. The quantitative estimate of drug-likeness (QED) is 0.526. The van der Waals surface area contributed by atoms with E-state index in [0.29, 0.717) is 12.4 Å². The summed E-state index contributed by atoms with van der Waals surface area (Å²) < 4.78 is 66.5. The summed E-state index contributed by atoms with van der Waals surface area (Å²) >= 11 is 0. The molecule has 0 fully saturated rings. The van der Waals surface area contributed by atoms with Gasteiger partial charge < -0.3 is 10.2 Å². The molecule has 0 radical (unpaired) electrons. The summed E-state index contributed by atoms with van der Waals surface area (Å²) in [4.78, 5) is 29.7. The molecule has 7 nitrogen and oxygen atoms in total. The molecular weight excluding hydrogens is 447 g/mol. The topological polar surface area (TPSA) is 83.9 Å². The molecule has 1 atom stereocenters. The summed E-state index contributed by atoms with van der Waals surface area (Å²) in [6.45, 7) is 3.67. The van der Waals surface area contributed by atoms with Crippen LogP contribution in [0.15, 0.2) is 43.0 Å². The van der Waals surface area contributed by atoms with E-state index in [9.17, 15) is 26.7 Å². The summed E-state index contributed by atoms with van der Waals surface area (Å²) in [5.41, 5.74) is -1.47. The van der Waals surface area contributed by atoms with Gasteiger partial charge >= 0.3 is 6.18 Å².